The predicted octanol–water partition coefficient (Wildman–Crippen LogP) is 3.52. The molecule has 1 aromatic rings. The number of unbranched alkanes of at least 4 members (excludes halogenated alkanes) is 2. The van der Waals surface area contributed by atoms with Crippen molar-refractivity contribution < 1.29 is 4.42 Å². The summed E-state index contributed by atoms with van der Waals surface area (Å²) in [4.78, 5) is 2.44. The molecule has 0 fully saturated rings. The van der Waals surface area contributed by atoms with Gasteiger partial charge in [0.2, 0.25) is 0 Å². The fraction of sp³-hybridized carbons (Fsp3) is 0.750. The zero-order valence-corrected chi connectivity index (χ0v) is 12.8. The van der Waals surface area contributed by atoms with Crippen LogP contribution in [0.5, 0.6) is 0 Å². The Bertz CT molecular complexity index is 296. The van der Waals surface area contributed by atoms with Crippen molar-refractivity contribution in [1.29, 1.82) is 0 Å². The van der Waals surface area contributed by atoms with Gasteiger partial charge >= 0.3 is 0 Å². The van der Waals surface area contributed by atoms with E-state index in [9.17, 15) is 0 Å². The van der Waals surface area contributed by atoms with Crippen molar-refractivity contribution in [3.05, 3.63) is 24.2 Å². The maximum atomic E-state index is 5.40. The van der Waals surface area contributed by atoms with Gasteiger partial charge in [0.25, 0.3) is 0 Å². The molecule has 1 rings (SSSR count). The molecular formula is C16H30N2O. The number of furan rings is 1. The summed E-state index contributed by atoms with van der Waals surface area (Å²) in [6.07, 6.45) is 5.62. The van der Waals surface area contributed by atoms with Crippen LogP contribution in [0.2, 0.25) is 0 Å². The summed E-state index contributed by atoms with van der Waals surface area (Å²) in [6.45, 7) is 12.2. The second-order valence-electron chi connectivity index (χ2n) is 5.61. The van der Waals surface area contributed by atoms with Crippen LogP contribution >= 0.6 is 0 Å². The van der Waals surface area contributed by atoms with Crippen molar-refractivity contribution in [3.8, 4) is 0 Å². The molecule has 0 radical (unpaired) electrons. The van der Waals surface area contributed by atoms with Crippen molar-refractivity contribution in [2.75, 3.05) is 26.2 Å². The van der Waals surface area contributed by atoms with E-state index in [1.54, 1.807) is 6.26 Å². The van der Waals surface area contributed by atoms with Crippen molar-refractivity contribution >= 4 is 0 Å². The minimum Gasteiger partial charge on any atom is -0.468 e. The first-order valence-corrected chi connectivity index (χ1v) is 7.67. The summed E-state index contributed by atoms with van der Waals surface area (Å²) in [6, 6.07) is 4.02. The summed E-state index contributed by atoms with van der Waals surface area (Å²) in [5, 5.41) is 3.49. The number of nitrogens with one attached hydrogen (secondary N) is 1. The molecule has 0 amide bonds. The van der Waals surface area contributed by atoms with Gasteiger partial charge in [0.15, 0.2) is 0 Å². The van der Waals surface area contributed by atoms with Crippen LogP contribution in [-0.2, 0) is 6.54 Å². The molecule has 1 N–H and O–H groups in total. The molecule has 0 aliphatic rings. The van der Waals surface area contributed by atoms with Gasteiger partial charge < -0.3 is 9.73 Å². The first kappa shape index (κ1) is 16.3. The summed E-state index contributed by atoms with van der Waals surface area (Å²) in [5.74, 6) is 1.82. The smallest absolute Gasteiger partial charge is 0.117 e. The van der Waals surface area contributed by atoms with E-state index in [0.29, 0.717) is 0 Å². The molecule has 1 heterocycles. The summed E-state index contributed by atoms with van der Waals surface area (Å²) in [5.41, 5.74) is 0. The van der Waals surface area contributed by atoms with Crippen molar-refractivity contribution in [3.63, 3.8) is 0 Å². The molecule has 0 aromatic carbocycles. The van der Waals surface area contributed by atoms with Gasteiger partial charge in [-0.3, -0.25) is 4.90 Å². The van der Waals surface area contributed by atoms with Gasteiger partial charge in [0.1, 0.15) is 5.76 Å². The Morgan fingerprint density at radius 1 is 1.26 bits per heavy atom. The lowest BCUT2D eigenvalue weighted by Crippen LogP contribution is -2.24. The quantitative estimate of drug-likeness (QED) is 0.621. The lowest BCUT2D eigenvalue weighted by molar-refractivity contribution is 0.250. The van der Waals surface area contributed by atoms with Gasteiger partial charge in [0, 0.05) is 0 Å². The predicted molar refractivity (Wildman–Crippen MR) is 81.2 cm³/mol. The van der Waals surface area contributed by atoms with E-state index in [2.05, 4.69) is 37.1 Å². The van der Waals surface area contributed by atoms with E-state index in [0.717, 1.165) is 37.9 Å². The fourth-order valence-electron chi connectivity index (χ4n) is 2.12. The third kappa shape index (κ3) is 8.06. The lowest BCUT2D eigenvalue weighted by atomic mass is 10.2. The minimum absolute atomic E-state index is 0.754. The van der Waals surface area contributed by atoms with Gasteiger partial charge in [0.05, 0.1) is 12.8 Å². The van der Waals surface area contributed by atoms with Gasteiger partial charge in [-0.25, -0.2) is 0 Å². The molecule has 0 saturated heterocycles. The van der Waals surface area contributed by atoms with Crippen LogP contribution in [0.3, 0.4) is 0 Å². The Kier molecular flexibility index (Phi) is 8.59. The Balaban J connectivity index is 2.00. The van der Waals surface area contributed by atoms with E-state index in [4.69, 9.17) is 4.42 Å². The Hall–Kier alpha value is -0.800. The second kappa shape index (κ2) is 10.0. The van der Waals surface area contributed by atoms with E-state index < -0.39 is 0 Å². The Morgan fingerprint density at radius 2 is 2.11 bits per heavy atom. The van der Waals surface area contributed by atoms with E-state index in [1.807, 2.05) is 6.07 Å². The third-order valence-electron chi connectivity index (χ3n) is 3.29. The Morgan fingerprint density at radius 3 is 2.74 bits per heavy atom. The van der Waals surface area contributed by atoms with E-state index in [1.165, 1.54) is 25.8 Å². The average Bonchev–Trinajstić information content (AvgIpc) is 2.88. The molecule has 19 heavy (non-hydrogen) atoms. The number of hydrogen-bond donors (Lipinski definition) is 1. The SMILES string of the molecule is CCN(CCCCCNCC(C)C)Cc1ccco1. The highest BCUT2D eigenvalue weighted by atomic mass is 16.3. The summed E-state index contributed by atoms with van der Waals surface area (Å²) >= 11 is 0. The van der Waals surface area contributed by atoms with Crippen LogP contribution in [0, 0.1) is 5.92 Å². The molecule has 0 bridgehead atoms. The first-order chi connectivity index (χ1) is 9.22. The highest BCUT2D eigenvalue weighted by Gasteiger charge is 2.05. The fourth-order valence-corrected chi connectivity index (χ4v) is 2.12. The van der Waals surface area contributed by atoms with Crippen molar-refractivity contribution in [2.24, 2.45) is 5.92 Å². The molecule has 0 aliphatic heterocycles. The highest BCUT2D eigenvalue weighted by molar-refractivity contribution is 4.97. The molecule has 0 aliphatic carbocycles. The highest BCUT2D eigenvalue weighted by Crippen LogP contribution is 2.07. The maximum absolute atomic E-state index is 5.40. The molecule has 3 heteroatoms. The largest absolute Gasteiger partial charge is 0.468 e. The van der Waals surface area contributed by atoms with Crippen molar-refractivity contribution in [1.82, 2.24) is 10.2 Å². The normalized spacial score (nSPS) is 11.6. The molecule has 3 nitrogen and oxygen atoms in total. The zero-order chi connectivity index (χ0) is 13.9. The molecule has 0 atom stereocenters. The lowest BCUT2D eigenvalue weighted by Gasteiger charge is -2.18. The van der Waals surface area contributed by atoms with Crippen LogP contribution in [0.15, 0.2) is 22.8 Å². The minimum atomic E-state index is 0.754. The van der Waals surface area contributed by atoms with E-state index in [-0.39, 0.29) is 0 Å². The molecular weight excluding hydrogens is 236 g/mol. The number of hydrogen-bond acceptors (Lipinski definition) is 3. The monoisotopic (exact) mass is 266 g/mol. The molecule has 1 aromatic heterocycles. The van der Waals surface area contributed by atoms with Crippen molar-refractivity contribution in [2.45, 2.75) is 46.6 Å². The summed E-state index contributed by atoms with van der Waals surface area (Å²) < 4.78 is 5.40. The average molecular weight is 266 g/mol. The maximum Gasteiger partial charge on any atom is 0.117 e. The van der Waals surface area contributed by atoms with Gasteiger partial charge in [-0.1, -0.05) is 27.2 Å². The molecule has 110 valence electrons. The summed E-state index contributed by atoms with van der Waals surface area (Å²) in [7, 11) is 0. The zero-order valence-electron chi connectivity index (χ0n) is 12.8. The van der Waals surface area contributed by atoms with Gasteiger partial charge in [-0.2, -0.15) is 0 Å². The standard InChI is InChI=1S/C16H30N2O/c1-4-18(14-16-9-8-12-19-16)11-7-5-6-10-17-13-15(2)3/h8-9,12,15,17H,4-7,10-11,13-14H2,1-3H3. The molecule has 0 spiro atoms. The van der Waals surface area contributed by atoms with Crippen LogP contribution < -0.4 is 5.32 Å². The topological polar surface area (TPSA) is 28.4 Å². The van der Waals surface area contributed by atoms with Crippen LogP contribution in [0.25, 0.3) is 0 Å². The molecule has 0 saturated carbocycles. The van der Waals surface area contributed by atoms with Crippen LogP contribution in [-0.4, -0.2) is 31.1 Å². The number of rotatable bonds is 11. The second-order valence-corrected chi connectivity index (χ2v) is 5.61. The first-order valence-electron chi connectivity index (χ1n) is 7.67. The number of nitrogens with zero attached hydrogens (tertiary/aromatic N) is 1. The van der Waals surface area contributed by atoms with Gasteiger partial charge in [-0.15, -0.1) is 0 Å². The third-order valence-corrected chi connectivity index (χ3v) is 3.29. The van der Waals surface area contributed by atoms with E-state index >= 15 is 0 Å². The van der Waals surface area contributed by atoms with Crippen LogP contribution in [0.1, 0.15) is 45.8 Å². The van der Waals surface area contributed by atoms with Crippen LogP contribution in [0.4, 0.5) is 0 Å². The van der Waals surface area contributed by atoms with Gasteiger partial charge in [-0.05, 0) is 57.1 Å². The Labute approximate surface area is 118 Å². The molecule has 0 unspecified atom stereocenters.